The number of carbonyl (C=O) groups excluding carboxylic acids is 2. The van der Waals surface area contributed by atoms with Crippen LogP contribution in [0.5, 0.6) is 0 Å². The lowest BCUT2D eigenvalue weighted by atomic mass is 10.1. The monoisotopic (exact) mass is 338 g/mol. The molecule has 0 radical (unpaired) electrons. The van der Waals surface area contributed by atoms with Crippen molar-refractivity contribution < 1.29 is 23.1 Å². The number of halogens is 2. The highest BCUT2D eigenvalue weighted by Gasteiger charge is 2.23. The zero-order valence-corrected chi connectivity index (χ0v) is 13.6. The highest BCUT2D eigenvalue weighted by Crippen LogP contribution is 2.18. The Balaban J connectivity index is 1.99. The molecule has 5 nitrogen and oxygen atoms in total. The molecule has 0 aliphatic carbocycles. The van der Waals surface area contributed by atoms with Crippen molar-refractivity contribution in [2.45, 2.75) is 19.9 Å². The van der Waals surface area contributed by atoms with Crippen molar-refractivity contribution in [3.05, 3.63) is 41.5 Å². The Hall–Kier alpha value is -2.28. The molecule has 1 aliphatic heterocycles. The summed E-state index contributed by atoms with van der Waals surface area (Å²) in [5.74, 6) is -2.12. The van der Waals surface area contributed by atoms with Gasteiger partial charge in [-0.05, 0) is 31.6 Å². The Labute approximate surface area is 139 Å². The van der Waals surface area contributed by atoms with E-state index in [1.54, 1.807) is 18.7 Å². The van der Waals surface area contributed by atoms with Gasteiger partial charge in [0.15, 0.2) is 0 Å². The molecule has 24 heavy (non-hydrogen) atoms. The highest BCUT2D eigenvalue weighted by molar-refractivity contribution is 5.97. The van der Waals surface area contributed by atoms with Crippen LogP contribution in [0, 0.1) is 11.6 Å². The van der Waals surface area contributed by atoms with Crippen LogP contribution in [-0.2, 0) is 14.3 Å². The number of allylic oxidation sites excluding steroid dienone is 1. The topological polar surface area (TPSA) is 58.6 Å². The molecule has 0 saturated carbocycles. The molecule has 1 atom stereocenters. The summed E-state index contributed by atoms with van der Waals surface area (Å²) in [6.45, 7) is 5.09. The average Bonchev–Trinajstić information content (AvgIpc) is 2.54. The first-order chi connectivity index (χ1) is 11.4. The second-order valence-electron chi connectivity index (χ2n) is 5.62. The first-order valence-electron chi connectivity index (χ1n) is 7.69. The van der Waals surface area contributed by atoms with E-state index < -0.39 is 23.6 Å². The van der Waals surface area contributed by atoms with Crippen molar-refractivity contribution in [2.24, 2.45) is 0 Å². The number of nitrogens with one attached hydrogen (secondary N) is 1. The Morgan fingerprint density at radius 2 is 1.96 bits per heavy atom. The van der Waals surface area contributed by atoms with Crippen LogP contribution in [0.15, 0.2) is 24.3 Å². The quantitative estimate of drug-likeness (QED) is 0.851. The van der Waals surface area contributed by atoms with E-state index in [4.69, 9.17) is 4.74 Å². The van der Waals surface area contributed by atoms with E-state index in [0.29, 0.717) is 31.9 Å². The van der Waals surface area contributed by atoms with Crippen LogP contribution in [0.4, 0.5) is 8.78 Å². The minimum atomic E-state index is -0.742. The third kappa shape index (κ3) is 4.61. The van der Waals surface area contributed by atoms with E-state index in [2.05, 4.69) is 5.32 Å². The van der Waals surface area contributed by atoms with Crippen molar-refractivity contribution in [3.8, 4) is 0 Å². The minimum Gasteiger partial charge on any atom is -0.378 e. The molecule has 1 fully saturated rings. The molecule has 0 spiro atoms. The number of rotatable bonds is 4. The lowest BCUT2D eigenvalue weighted by molar-refractivity contribution is -0.138. The fourth-order valence-electron chi connectivity index (χ4n) is 2.46. The maximum Gasteiger partial charge on any atom is 0.245 e. The van der Waals surface area contributed by atoms with E-state index in [-0.39, 0.29) is 11.5 Å². The summed E-state index contributed by atoms with van der Waals surface area (Å²) in [6.07, 6.45) is 1.19. The van der Waals surface area contributed by atoms with Gasteiger partial charge < -0.3 is 15.0 Å². The summed E-state index contributed by atoms with van der Waals surface area (Å²) in [6, 6.07) is 2.46. The van der Waals surface area contributed by atoms with Crippen LogP contribution in [0.1, 0.15) is 19.4 Å². The molecule has 7 heteroatoms. The molecule has 1 N–H and O–H groups in total. The van der Waals surface area contributed by atoms with E-state index in [1.807, 2.05) is 0 Å². The molecular formula is C17H20F2N2O3. The van der Waals surface area contributed by atoms with Gasteiger partial charge in [-0.2, -0.15) is 0 Å². The van der Waals surface area contributed by atoms with E-state index >= 15 is 0 Å². The fourth-order valence-corrected chi connectivity index (χ4v) is 2.46. The van der Waals surface area contributed by atoms with Crippen molar-refractivity contribution in [1.82, 2.24) is 10.2 Å². The first-order valence-corrected chi connectivity index (χ1v) is 7.69. The molecule has 130 valence electrons. The molecule has 1 heterocycles. The predicted octanol–water partition coefficient (Wildman–Crippen LogP) is 1.73. The summed E-state index contributed by atoms with van der Waals surface area (Å²) in [7, 11) is 0. The zero-order valence-electron chi connectivity index (χ0n) is 13.6. The van der Waals surface area contributed by atoms with Crippen molar-refractivity contribution in [1.29, 1.82) is 0 Å². The van der Waals surface area contributed by atoms with E-state index in [0.717, 1.165) is 12.1 Å². The Morgan fingerprint density at radius 1 is 1.29 bits per heavy atom. The number of benzene rings is 1. The third-order valence-corrected chi connectivity index (χ3v) is 3.76. The Morgan fingerprint density at radius 3 is 2.58 bits per heavy atom. The average molecular weight is 338 g/mol. The van der Waals surface area contributed by atoms with Gasteiger partial charge >= 0.3 is 0 Å². The van der Waals surface area contributed by atoms with Gasteiger partial charge in [0.05, 0.1) is 13.2 Å². The molecule has 1 unspecified atom stereocenters. The number of nitrogens with zero attached hydrogens (tertiary/aromatic N) is 1. The molecule has 2 rings (SSSR count). The SMILES string of the molecule is C/C(=C\C(=O)NC(C)C(=O)N1CCOCC1)c1ccc(F)cc1F. The van der Waals surface area contributed by atoms with Gasteiger partial charge in [0.1, 0.15) is 17.7 Å². The van der Waals surface area contributed by atoms with Gasteiger partial charge in [-0.15, -0.1) is 0 Å². The second kappa shape index (κ2) is 8.01. The second-order valence-corrected chi connectivity index (χ2v) is 5.62. The summed E-state index contributed by atoms with van der Waals surface area (Å²) in [5, 5.41) is 2.56. The Kier molecular flexibility index (Phi) is 6.03. The standard InChI is InChI=1S/C17H20F2N2O3/c1-11(14-4-3-13(18)10-15(14)19)9-16(22)20-12(2)17(23)21-5-7-24-8-6-21/h3-4,9-10,12H,5-8H2,1-2H3,(H,20,22)/b11-9+. The largest absolute Gasteiger partial charge is 0.378 e. The van der Waals surface area contributed by atoms with Crippen LogP contribution in [0.3, 0.4) is 0 Å². The molecule has 1 saturated heterocycles. The number of carbonyl (C=O) groups is 2. The molecule has 0 aromatic heterocycles. The summed E-state index contributed by atoms with van der Waals surface area (Å²) in [4.78, 5) is 25.9. The van der Waals surface area contributed by atoms with E-state index in [9.17, 15) is 18.4 Å². The van der Waals surface area contributed by atoms with Gasteiger partial charge in [0.25, 0.3) is 0 Å². The lowest BCUT2D eigenvalue weighted by Gasteiger charge is -2.29. The predicted molar refractivity (Wildman–Crippen MR) is 85.0 cm³/mol. The fraction of sp³-hybridized carbons (Fsp3) is 0.412. The van der Waals surface area contributed by atoms with Crippen LogP contribution in [0.2, 0.25) is 0 Å². The van der Waals surface area contributed by atoms with Crippen LogP contribution >= 0.6 is 0 Å². The molecule has 1 aromatic carbocycles. The van der Waals surface area contributed by atoms with Crippen LogP contribution in [0.25, 0.3) is 5.57 Å². The normalized spacial score (nSPS) is 16.7. The number of morpholine rings is 1. The summed E-state index contributed by atoms with van der Waals surface area (Å²) >= 11 is 0. The van der Waals surface area contributed by atoms with Gasteiger partial charge in [-0.25, -0.2) is 8.78 Å². The molecule has 1 aromatic rings. The Bertz CT molecular complexity index is 655. The van der Waals surface area contributed by atoms with Gasteiger partial charge in [-0.1, -0.05) is 0 Å². The van der Waals surface area contributed by atoms with Crippen LogP contribution in [-0.4, -0.2) is 49.1 Å². The number of hydrogen-bond donors (Lipinski definition) is 1. The van der Waals surface area contributed by atoms with Crippen molar-refractivity contribution in [2.75, 3.05) is 26.3 Å². The number of hydrogen-bond acceptors (Lipinski definition) is 3. The smallest absolute Gasteiger partial charge is 0.245 e. The molecular weight excluding hydrogens is 318 g/mol. The van der Waals surface area contributed by atoms with Crippen molar-refractivity contribution in [3.63, 3.8) is 0 Å². The highest BCUT2D eigenvalue weighted by atomic mass is 19.1. The third-order valence-electron chi connectivity index (χ3n) is 3.76. The maximum absolute atomic E-state index is 13.7. The minimum absolute atomic E-state index is 0.138. The zero-order chi connectivity index (χ0) is 17.7. The van der Waals surface area contributed by atoms with Gasteiger partial charge in [0.2, 0.25) is 11.8 Å². The first kappa shape index (κ1) is 18.1. The van der Waals surface area contributed by atoms with E-state index in [1.165, 1.54) is 12.1 Å². The summed E-state index contributed by atoms with van der Waals surface area (Å²) in [5.41, 5.74) is 0.481. The summed E-state index contributed by atoms with van der Waals surface area (Å²) < 4.78 is 31.8. The van der Waals surface area contributed by atoms with Gasteiger partial charge in [-0.3, -0.25) is 9.59 Å². The number of ether oxygens (including phenoxy) is 1. The number of amides is 2. The van der Waals surface area contributed by atoms with Gasteiger partial charge in [0, 0.05) is 30.8 Å². The molecule has 2 amide bonds. The maximum atomic E-state index is 13.7. The van der Waals surface area contributed by atoms with Crippen molar-refractivity contribution >= 4 is 17.4 Å². The van der Waals surface area contributed by atoms with Crippen LogP contribution < -0.4 is 5.32 Å². The lowest BCUT2D eigenvalue weighted by Crippen LogP contribution is -2.50. The molecule has 0 bridgehead atoms. The molecule has 1 aliphatic rings.